The van der Waals surface area contributed by atoms with Gasteiger partial charge in [-0.25, -0.2) is 10.5 Å². The van der Waals surface area contributed by atoms with E-state index >= 15 is 0 Å². The van der Waals surface area contributed by atoms with Gasteiger partial charge in [-0.1, -0.05) is 0 Å². The first-order chi connectivity index (χ1) is 5.54. The summed E-state index contributed by atoms with van der Waals surface area (Å²) in [6.07, 6.45) is 1.52. The van der Waals surface area contributed by atoms with E-state index in [2.05, 4.69) is 21.0 Å². The molecule has 0 bridgehead atoms. The number of aromatic nitrogens is 2. The molecule has 2 N–H and O–H groups in total. The highest BCUT2D eigenvalue weighted by molar-refractivity contribution is 9.10. The summed E-state index contributed by atoms with van der Waals surface area (Å²) in [6.45, 7) is 0. The van der Waals surface area contributed by atoms with Crippen LogP contribution < -0.4 is 16.4 Å². The molecule has 0 aliphatic rings. The fraction of sp³-hybridized carbons (Fsp3) is 0.333. The zero-order valence-electron chi connectivity index (χ0n) is 6.78. The molecule has 0 aliphatic heterocycles. The summed E-state index contributed by atoms with van der Waals surface area (Å²) in [4.78, 5) is 11.3. The van der Waals surface area contributed by atoms with E-state index in [9.17, 15) is 4.79 Å². The van der Waals surface area contributed by atoms with Crippen LogP contribution >= 0.6 is 15.9 Å². The van der Waals surface area contributed by atoms with E-state index in [0.717, 1.165) is 0 Å². The summed E-state index contributed by atoms with van der Waals surface area (Å²) in [5.74, 6) is 5.45. The first-order valence-electron chi connectivity index (χ1n) is 3.24. The van der Waals surface area contributed by atoms with Crippen molar-refractivity contribution in [1.82, 2.24) is 9.78 Å². The van der Waals surface area contributed by atoms with Gasteiger partial charge in [0.2, 0.25) is 0 Å². The Hall–Kier alpha value is -0.880. The minimum absolute atomic E-state index is 0.204. The Morgan fingerprint density at radius 3 is 2.83 bits per heavy atom. The van der Waals surface area contributed by atoms with Crippen LogP contribution in [0.1, 0.15) is 0 Å². The highest BCUT2D eigenvalue weighted by atomic mass is 79.9. The lowest BCUT2D eigenvalue weighted by atomic mass is 10.4. The predicted octanol–water partition coefficient (Wildman–Crippen LogP) is -0.147. The quantitative estimate of drug-likeness (QED) is 0.541. The Kier molecular flexibility index (Phi) is 2.49. The number of aryl methyl sites for hydroxylation is 1. The zero-order valence-corrected chi connectivity index (χ0v) is 8.37. The maximum Gasteiger partial charge on any atom is 0.282 e. The topological polar surface area (TPSA) is 64.2 Å². The van der Waals surface area contributed by atoms with E-state index in [1.54, 1.807) is 14.1 Å². The largest absolute Gasteiger partial charge is 0.311 e. The molecular weight excluding hydrogens is 224 g/mol. The van der Waals surface area contributed by atoms with Gasteiger partial charge >= 0.3 is 0 Å². The van der Waals surface area contributed by atoms with Gasteiger partial charge in [-0.2, -0.15) is 5.10 Å². The molecule has 0 aliphatic carbocycles. The maximum absolute atomic E-state index is 11.3. The van der Waals surface area contributed by atoms with E-state index in [1.807, 2.05) is 0 Å². The molecule has 0 saturated carbocycles. The van der Waals surface area contributed by atoms with Crippen molar-refractivity contribution in [2.75, 3.05) is 12.1 Å². The van der Waals surface area contributed by atoms with Gasteiger partial charge < -0.3 is 5.01 Å². The van der Waals surface area contributed by atoms with Crippen LogP contribution in [0.2, 0.25) is 0 Å². The average Bonchev–Trinajstić information content (AvgIpc) is 2.00. The Morgan fingerprint density at radius 1 is 1.75 bits per heavy atom. The van der Waals surface area contributed by atoms with Crippen LogP contribution in [-0.2, 0) is 7.05 Å². The highest BCUT2D eigenvalue weighted by Gasteiger charge is 2.07. The molecule has 0 amide bonds. The number of halogens is 1. The molecule has 0 atom stereocenters. The SMILES string of the molecule is CN(N)c1cnn(C)c(=O)c1Br. The molecule has 1 rings (SSSR count). The standard InChI is InChI=1S/C6H9BrN4O/c1-10(8)4-3-9-11(2)6(12)5(4)7/h3H,8H2,1-2H3. The molecule has 5 nitrogen and oxygen atoms in total. The van der Waals surface area contributed by atoms with Gasteiger partial charge in [-0.05, 0) is 15.9 Å². The highest BCUT2D eigenvalue weighted by Crippen LogP contribution is 2.16. The Morgan fingerprint density at radius 2 is 2.33 bits per heavy atom. The van der Waals surface area contributed by atoms with Crippen LogP contribution in [0.4, 0.5) is 5.69 Å². The number of nitrogens with two attached hydrogens (primary N) is 1. The summed E-state index contributed by atoms with van der Waals surface area (Å²) >= 11 is 3.14. The third-order valence-corrected chi connectivity index (χ3v) is 2.19. The summed E-state index contributed by atoms with van der Waals surface area (Å²) in [5, 5.41) is 5.15. The van der Waals surface area contributed by atoms with Crippen LogP contribution in [0.15, 0.2) is 15.5 Å². The van der Waals surface area contributed by atoms with Gasteiger partial charge in [0, 0.05) is 14.1 Å². The minimum atomic E-state index is -0.204. The second kappa shape index (κ2) is 3.24. The summed E-state index contributed by atoms with van der Waals surface area (Å²) in [5.41, 5.74) is 0.364. The third kappa shape index (κ3) is 1.49. The van der Waals surface area contributed by atoms with Crippen molar-refractivity contribution in [3.05, 3.63) is 21.0 Å². The molecule has 0 aromatic carbocycles. The second-order valence-electron chi connectivity index (χ2n) is 2.38. The van der Waals surface area contributed by atoms with E-state index in [4.69, 9.17) is 5.84 Å². The van der Waals surface area contributed by atoms with Crippen molar-refractivity contribution < 1.29 is 0 Å². The molecule has 6 heteroatoms. The summed E-state index contributed by atoms with van der Waals surface area (Å²) in [6, 6.07) is 0. The molecule has 0 spiro atoms. The number of anilines is 1. The molecule has 1 aromatic heterocycles. The van der Waals surface area contributed by atoms with Crippen molar-refractivity contribution in [2.45, 2.75) is 0 Å². The molecule has 0 saturated heterocycles. The third-order valence-electron chi connectivity index (χ3n) is 1.44. The number of rotatable bonds is 1. The first kappa shape index (κ1) is 9.21. The number of nitrogens with zero attached hydrogens (tertiary/aromatic N) is 3. The molecule has 0 fully saturated rings. The molecule has 66 valence electrons. The summed E-state index contributed by atoms with van der Waals surface area (Å²) in [7, 11) is 3.22. The molecule has 1 aromatic rings. The fourth-order valence-corrected chi connectivity index (χ4v) is 1.39. The lowest BCUT2D eigenvalue weighted by Crippen LogP contribution is -2.30. The number of hydrogen-bond acceptors (Lipinski definition) is 4. The number of hydrogen-bond donors (Lipinski definition) is 1. The average molecular weight is 233 g/mol. The zero-order chi connectivity index (χ0) is 9.30. The van der Waals surface area contributed by atoms with Crippen LogP contribution in [0.3, 0.4) is 0 Å². The molecule has 1 heterocycles. The number of hydrazine groups is 1. The second-order valence-corrected chi connectivity index (χ2v) is 3.18. The molecule has 0 radical (unpaired) electrons. The normalized spacial score (nSPS) is 10.0. The van der Waals surface area contributed by atoms with Gasteiger partial charge in [0.25, 0.3) is 5.56 Å². The van der Waals surface area contributed by atoms with Gasteiger partial charge in [-0.3, -0.25) is 4.79 Å². The van der Waals surface area contributed by atoms with Crippen LogP contribution in [-0.4, -0.2) is 16.8 Å². The molecule has 12 heavy (non-hydrogen) atoms. The van der Waals surface area contributed by atoms with Gasteiger partial charge in [0.15, 0.2) is 0 Å². The van der Waals surface area contributed by atoms with Crippen molar-refractivity contribution in [1.29, 1.82) is 0 Å². The van der Waals surface area contributed by atoms with Crippen LogP contribution in [0.25, 0.3) is 0 Å². The molecule has 0 unspecified atom stereocenters. The Bertz CT molecular complexity index is 346. The van der Waals surface area contributed by atoms with Crippen LogP contribution in [0, 0.1) is 0 Å². The monoisotopic (exact) mass is 232 g/mol. The van der Waals surface area contributed by atoms with E-state index < -0.39 is 0 Å². The van der Waals surface area contributed by atoms with Crippen molar-refractivity contribution >= 4 is 21.6 Å². The lowest BCUT2D eigenvalue weighted by Gasteiger charge is -2.12. The molecular formula is C6H9BrN4O. The smallest absolute Gasteiger partial charge is 0.282 e. The Labute approximate surface area is 77.9 Å². The lowest BCUT2D eigenvalue weighted by molar-refractivity contribution is 0.699. The van der Waals surface area contributed by atoms with Crippen molar-refractivity contribution in [3.63, 3.8) is 0 Å². The predicted molar refractivity (Wildman–Crippen MR) is 49.8 cm³/mol. The van der Waals surface area contributed by atoms with Gasteiger partial charge in [0.1, 0.15) is 4.47 Å². The maximum atomic E-state index is 11.3. The van der Waals surface area contributed by atoms with E-state index in [1.165, 1.54) is 15.9 Å². The Balaban J connectivity index is 3.37. The van der Waals surface area contributed by atoms with E-state index in [-0.39, 0.29) is 5.56 Å². The van der Waals surface area contributed by atoms with Crippen molar-refractivity contribution in [2.24, 2.45) is 12.9 Å². The van der Waals surface area contributed by atoms with Gasteiger partial charge in [0.05, 0.1) is 11.9 Å². The first-order valence-corrected chi connectivity index (χ1v) is 4.03. The van der Waals surface area contributed by atoms with Crippen molar-refractivity contribution in [3.8, 4) is 0 Å². The fourth-order valence-electron chi connectivity index (χ4n) is 0.748. The van der Waals surface area contributed by atoms with Gasteiger partial charge in [-0.15, -0.1) is 0 Å². The van der Waals surface area contributed by atoms with Crippen LogP contribution in [0.5, 0.6) is 0 Å². The van der Waals surface area contributed by atoms with E-state index in [0.29, 0.717) is 10.2 Å². The minimum Gasteiger partial charge on any atom is -0.311 e. The summed E-state index contributed by atoms with van der Waals surface area (Å²) < 4.78 is 1.65.